The maximum absolute atomic E-state index is 9.49. The fourth-order valence-electron chi connectivity index (χ4n) is 1.83. The third-order valence-corrected chi connectivity index (χ3v) is 3.12. The van der Waals surface area contributed by atoms with E-state index in [1.54, 1.807) is 20.0 Å². The van der Waals surface area contributed by atoms with Crippen molar-refractivity contribution < 1.29 is 25.1 Å². The molecule has 1 aromatic carbocycles. The number of phenols is 1. The monoisotopic (exact) mass is 391 g/mol. The van der Waals surface area contributed by atoms with E-state index in [1.165, 1.54) is 16.7 Å². The Morgan fingerprint density at radius 3 is 2.04 bits per heavy atom. The molecule has 0 radical (unpaired) electrons. The van der Waals surface area contributed by atoms with Gasteiger partial charge in [0.1, 0.15) is 5.75 Å². The van der Waals surface area contributed by atoms with Gasteiger partial charge in [-0.05, 0) is 35.1 Å². The van der Waals surface area contributed by atoms with Crippen LogP contribution in [0.2, 0.25) is 0 Å². The fraction of sp³-hybridized carbons (Fsp3) is 0.421. The van der Waals surface area contributed by atoms with Crippen molar-refractivity contribution in [1.29, 1.82) is 0 Å². The van der Waals surface area contributed by atoms with Crippen LogP contribution < -0.4 is 0 Å². The van der Waals surface area contributed by atoms with Gasteiger partial charge in [-0.1, -0.05) is 40.7 Å². The molecule has 4 heteroatoms. The van der Waals surface area contributed by atoms with Crippen molar-refractivity contribution >= 4 is 29.6 Å². The van der Waals surface area contributed by atoms with Crippen LogP contribution >= 0.6 is 24.8 Å². The summed E-state index contributed by atoms with van der Waals surface area (Å²) in [5.41, 5.74) is 3.78. The molecule has 2 rings (SSSR count). The van der Waals surface area contributed by atoms with Crippen LogP contribution in [-0.2, 0) is 31.8 Å². The summed E-state index contributed by atoms with van der Waals surface area (Å²) in [4.78, 5) is 3.25. The second-order valence-corrected chi connectivity index (χ2v) is 5.96. The molecule has 0 saturated carbocycles. The van der Waals surface area contributed by atoms with E-state index in [9.17, 15) is 5.11 Å². The Bertz CT molecular complexity index is 500. The van der Waals surface area contributed by atoms with Gasteiger partial charge in [0.25, 0.3) is 0 Å². The summed E-state index contributed by atoms with van der Waals surface area (Å²) < 4.78 is 0. The standard InChI is InChI=1S/C12H18O.C6H7.CH2.2ClH.Ti/c1-5-9-6-10(12(2,3)4)8-11(13)7-9;1-6-4-2-3-5-6;;;;/h6-8,13H,5H2,1-4H3;2,4H,3H2,1H3;1H2;2*1H;/q;-1;;;;+1. The first-order chi connectivity index (χ1) is 9.82. The molecule has 0 aliphatic heterocycles. The Hall–Kier alpha value is -0.336. The molecule has 0 aromatic heterocycles. The van der Waals surface area contributed by atoms with Crippen LogP contribution in [0.5, 0.6) is 5.75 Å². The third kappa shape index (κ3) is 11.8. The molecule has 1 nitrogen and oxygen atoms in total. The zero-order valence-electron chi connectivity index (χ0n) is 14.8. The van der Waals surface area contributed by atoms with Crippen LogP contribution in [0.1, 0.15) is 52.2 Å². The van der Waals surface area contributed by atoms with Gasteiger partial charge in [0.2, 0.25) is 0 Å². The maximum atomic E-state index is 9.49. The first-order valence-corrected chi connectivity index (χ1v) is 8.36. The molecule has 0 amide bonds. The SMILES string of the molecule is CC1=[C-]CC=C1.CCc1cc(O)cc(C(C)(C)C)c1.Cl.Cl.[CH2]=[Ti+]. The number of halogens is 2. The summed E-state index contributed by atoms with van der Waals surface area (Å²) in [5.74, 6) is 0.379. The van der Waals surface area contributed by atoms with E-state index in [0.29, 0.717) is 5.75 Å². The number of phenolic OH excluding ortho intramolecular Hbond substituents is 1. The van der Waals surface area contributed by atoms with E-state index in [1.807, 2.05) is 12.1 Å². The Labute approximate surface area is 166 Å². The predicted octanol–water partition coefficient (Wildman–Crippen LogP) is 5.76. The normalized spacial score (nSPS) is 11.7. The van der Waals surface area contributed by atoms with Crippen molar-refractivity contribution in [2.75, 3.05) is 0 Å². The van der Waals surface area contributed by atoms with E-state index in [0.717, 1.165) is 12.8 Å². The van der Waals surface area contributed by atoms with Crippen molar-refractivity contribution in [2.45, 2.75) is 52.9 Å². The Balaban J connectivity index is -0.000000340. The number of aryl methyl sites for hydroxylation is 1. The Morgan fingerprint density at radius 1 is 1.17 bits per heavy atom. The van der Waals surface area contributed by atoms with Gasteiger partial charge in [-0.25, -0.2) is 11.6 Å². The summed E-state index contributed by atoms with van der Waals surface area (Å²) in [7, 11) is 0. The summed E-state index contributed by atoms with van der Waals surface area (Å²) in [6.07, 6.45) is 9.30. The first kappa shape index (κ1) is 27.5. The Kier molecular flexibility index (Phi) is 16.8. The van der Waals surface area contributed by atoms with Crippen LogP contribution in [0, 0.1) is 6.08 Å². The van der Waals surface area contributed by atoms with Gasteiger partial charge in [0, 0.05) is 0 Å². The second-order valence-electron chi connectivity index (χ2n) is 5.96. The van der Waals surface area contributed by atoms with Gasteiger partial charge in [-0.2, -0.15) is 6.08 Å². The molecule has 0 heterocycles. The molecule has 1 N–H and O–H groups in total. The molecule has 0 unspecified atom stereocenters. The molecule has 129 valence electrons. The van der Waals surface area contributed by atoms with Crippen molar-refractivity contribution in [2.24, 2.45) is 0 Å². The number of hydrogen-bond acceptors (Lipinski definition) is 1. The van der Waals surface area contributed by atoms with Gasteiger partial charge >= 0.3 is 24.8 Å². The molecule has 0 fully saturated rings. The van der Waals surface area contributed by atoms with Crippen LogP contribution in [-0.4, -0.2) is 9.92 Å². The van der Waals surface area contributed by atoms with Gasteiger partial charge in [0.15, 0.2) is 0 Å². The number of allylic oxidation sites excluding steroid dienone is 4. The summed E-state index contributed by atoms with van der Waals surface area (Å²) in [6, 6.07) is 5.84. The topological polar surface area (TPSA) is 20.2 Å². The van der Waals surface area contributed by atoms with Crippen molar-refractivity contribution in [1.82, 2.24) is 0 Å². The van der Waals surface area contributed by atoms with Crippen molar-refractivity contribution in [3.8, 4) is 5.75 Å². The average molecular weight is 392 g/mol. The number of hydrogen-bond donors (Lipinski definition) is 1. The van der Waals surface area contributed by atoms with E-state index >= 15 is 0 Å². The van der Waals surface area contributed by atoms with Crippen LogP contribution in [0.15, 0.2) is 35.9 Å². The molecular formula is C19H29Cl2OTi. The average Bonchev–Trinajstić information content (AvgIpc) is 2.91. The van der Waals surface area contributed by atoms with E-state index in [-0.39, 0.29) is 30.2 Å². The van der Waals surface area contributed by atoms with Crippen molar-refractivity contribution in [3.63, 3.8) is 0 Å². The number of benzene rings is 1. The van der Waals surface area contributed by atoms with Gasteiger partial charge in [0.05, 0.1) is 0 Å². The van der Waals surface area contributed by atoms with Crippen LogP contribution in [0.25, 0.3) is 0 Å². The molecule has 1 aromatic rings. The molecule has 0 spiro atoms. The quantitative estimate of drug-likeness (QED) is 0.476. The van der Waals surface area contributed by atoms with Gasteiger partial charge < -0.3 is 5.11 Å². The van der Waals surface area contributed by atoms with Gasteiger partial charge in [-0.15, -0.1) is 31.2 Å². The van der Waals surface area contributed by atoms with Crippen molar-refractivity contribution in [3.05, 3.63) is 53.1 Å². The predicted molar refractivity (Wildman–Crippen MR) is 104 cm³/mol. The van der Waals surface area contributed by atoms with Gasteiger partial charge in [-0.3, -0.25) is 6.08 Å². The van der Waals surface area contributed by atoms with Crippen LogP contribution in [0.4, 0.5) is 0 Å². The molecule has 0 saturated heterocycles. The van der Waals surface area contributed by atoms with E-state index in [4.69, 9.17) is 0 Å². The zero-order valence-corrected chi connectivity index (χ0v) is 18.0. The molecule has 1 aliphatic carbocycles. The fourth-order valence-corrected chi connectivity index (χ4v) is 1.83. The summed E-state index contributed by atoms with van der Waals surface area (Å²) in [6.45, 7) is 10.6. The number of aromatic hydroxyl groups is 1. The van der Waals surface area contributed by atoms with E-state index in [2.05, 4.69) is 63.7 Å². The molecular weight excluding hydrogens is 363 g/mol. The third-order valence-electron chi connectivity index (χ3n) is 3.12. The number of rotatable bonds is 1. The molecule has 0 bridgehead atoms. The summed E-state index contributed by atoms with van der Waals surface area (Å²) in [5, 5.41) is 9.49. The minimum atomic E-state index is 0. The van der Waals surface area contributed by atoms with E-state index < -0.39 is 0 Å². The second kappa shape index (κ2) is 14.0. The first-order valence-electron chi connectivity index (χ1n) is 7.25. The zero-order chi connectivity index (χ0) is 16.5. The summed E-state index contributed by atoms with van der Waals surface area (Å²) >= 11 is 1.75. The molecule has 1 aliphatic rings. The molecule has 23 heavy (non-hydrogen) atoms. The molecule has 0 atom stereocenters. The Morgan fingerprint density at radius 2 is 1.74 bits per heavy atom. The van der Waals surface area contributed by atoms with Crippen LogP contribution in [0.3, 0.4) is 0 Å². The minimum absolute atomic E-state index is 0.